The molecule has 3 aromatic rings. The molecule has 3 nitrogen and oxygen atoms in total. The van der Waals surface area contributed by atoms with Crippen LogP contribution in [-0.4, -0.2) is 21.4 Å². The zero-order valence-electron chi connectivity index (χ0n) is 14.0. The van der Waals surface area contributed by atoms with Crippen LogP contribution in [0.25, 0.3) is 10.9 Å². The van der Waals surface area contributed by atoms with Gasteiger partial charge in [0.25, 0.3) is 0 Å². The molecule has 4 heteroatoms. The molecule has 120 valence electrons. The molecule has 0 spiro atoms. The summed E-state index contributed by atoms with van der Waals surface area (Å²) in [6.07, 6.45) is 0.582. The van der Waals surface area contributed by atoms with Gasteiger partial charge in [0.15, 0.2) is 0 Å². The van der Waals surface area contributed by atoms with E-state index in [1.807, 2.05) is 51.1 Å². The Morgan fingerprint density at radius 1 is 1.04 bits per heavy atom. The average Bonchev–Trinajstić information content (AvgIpc) is 2.54. The van der Waals surface area contributed by atoms with Gasteiger partial charge in [-0.3, -0.25) is 4.99 Å². The van der Waals surface area contributed by atoms with Crippen LogP contribution in [0.2, 0.25) is 0 Å². The largest absolute Gasteiger partial charge is 0.276 e. The topological polar surface area (TPSA) is 38.1 Å². The number of halogens is 1. The van der Waals surface area contributed by atoms with Crippen molar-refractivity contribution in [2.24, 2.45) is 4.99 Å². The van der Waals surface area contributed by atoms with Crippen molar-refractivity contribution in [1.82, 2.24) is 10.2 Å². The van der Waals surface area contributed by atoms with Gasteiger partial charge in [0.1, 0.15) is 11.5 Å². The predicted molar refractivity (Wildman–Crippen MR) is 94.1 cm³/mol. The maximum Gasteiger partial charge on any atom is 0.127 e. The highest BCUT2D eigenvalue weighted by atomic mass is 19.1. The SMILES string of the molecule is Cc1cccc2cc(C3=NC(C)(C)Cc4c(F)cccc43)nnc12. The van der Waals surface area contributed by atoms with Crippen molar-refractivity contribution >= 4 is 16.6 Å². The Morgan fingerprint density at radius 2 is 1.83 bits per heavy atom. The minimum absolute atomic E-state index is 0.183. The first kappa shape index (κ1) is 14.9. The number of aryl methyl sites for hydroxylation is 1. The van der Waals surface area contributed by atoms with Crippen molar-refractivity contribution in [1.29, 1.82) is 0 Å². The Hall–Kier alpha value is -2.62. The molecule has 1 aliphatic heterocycles. The van der Waals surface area contributed by atoms with Crippen molar-refractivity contribution in [3.05, 3.63) is 70.7 Å². The van der Waals surface area contributed by atoms with Gasteiger partial charge in [-0.15, -0.1) is 10.2 Å². The number of hydrogen-bond donors (Lipinski definition) is 0. The normalized spacial score (nSPS) is 15.9. The van der Waals surface area contributed by atoms with Crippen LogP contribution in [-0.2, 0) is 6.42 Å². The first-order valence-electron chi connectivity index (χ1n) is 8.06. The molecule has 0 fully saturated rings. The summed E-state index contributed by atoms with van der Waals surface area (Å²) in [5, 5.41) is 9.77. The molecule has 0 amide bonds. The average molecular weight is 319 g/mol. The molecular weight excluding hydrogens is 301 g/mol. The highest BCUT2D eigenvalue weighted by Gasteiger charge is 2.30. The number of fused-ring (bicyclic) bond motifs is 2. The maximum absolute atomic E-state index is 14.3. The van der Waals surface area contributed by atoms with Crippen LogP contribution in [0.1, 0.15) is 36.2 Å². The predicted octanol–water partition coefficient (Wildman–Crippen LogP) is 4.25. The van der Waals surface area contributed by atoms with Crippen molar-refractivity contribution in [3.8, 4) is 0 Å². The number of benzene rings is 2. The van der Waals surface area contributed by atoms with E-state index in [9.17, 15) is 4.39 Å². The molecule has 0 aliphatic carbocycles. The summed E-state index contributed by atoms with van der Waals surface area (Å²) in [5.74, 6) is -0.183. The van der Waals surface area contributed by atoms with Gasteiger partial charge >= 0.3 is 0 Å². The molecule has 2 heterocycles. The second-order valence-corrected chi connectivity index (χ2v) is 6.96. The van der Waals surface area contributed by atoms with Gasteiger partial charge in [-0.25, -0.2) is 4.39 Å². The Balaban J connectivity index is 1.95. The molecule has 0 saturated heterocycles. The number of aromatic nitrogens is 2. The third kappa shape index (κ3) is 2.39. The van der Waals surface area contributed by atoms with Crippen LogP contribution >= 0.6 is 0 Å². The summed E-state index contributed by atoms with van der Waals surface area (Å²) >= 11 is 0. The lowest BCUT2D eigenvalue weighted by molar-refractivity contribution is 0.492. The van der Waals surface area contributed by atoms with E-state index in [0.717, 1.165) is 27.7 Å². The van der Waals surface area contributed by atoms with Crippen LogP contribution in [0.15, 0.2) is 47.5 Å². The zero-order chi connectivity index (χ0) is 16.9. The quantitative estimate of drug-likeness (QED) is 0.672. The molecule has 1 aliphatic rings. The summed E-state index contributed by atoms with van der Waals surface area (Å²) in [6.45, 7) is 6.05. The first-order chi connectivity index (χ1) is 11.4. The summed E-state index contributed by atoms with van der Waals surface area (Å²) in [4.78, 5) is 4.84. The van der Waals surface area contributed by atoms with Gasteiger partial charge in [-0.2, -0.15) is 0 Å². The summed E-state index contributed by atoms with van der Waals surface area (Å²) in [5.41, 5.74) is 4.53. The Morgan fingerprint density at radius 3 is 2.67 bits per heavy atom. The molecule has 0 atom stereocenters. The van der Waals surface area contributed by atoms with Gasteiger partial charge in [0.2, 0.25) is 0 Å². The standard InChI is InChI=1S/C20H18FN3/c1-12-6-4-7-13-10-17(23-24-18(12)13)19-14-8-5-9-16(21)15(14)11-20(2,3)22-19/h4-10H,11H2,1-3H3. The second kappa shape index (κ2) is 5.20. The third-order valence-electron chi connectivity index (χ3n) is 4.46. The molecule has 1 aromatic heterocycles. The lowest BCUT2D eigenvalue weighted by Crippen LogP contribution is -2.30. The molecule has 24 heavy (non-hydrogen) atoms. The molecule has 0 unspecified atom stereocenters. The molecule has 4 rings (SSSR count). The summed E-state index contributed by atoms with van der Waals surface area (Å²) in [6, 6.07) is 13.2. The van der Waals surface area contributed by atoms with Crippen molar-refractivity contribution in [2.45, 2.75) is 32.7 Å². The number of aliphatic imine (C=N–C) groups is 1. The molecule has 0 bridgehead atoms. The van der Waals surface area contributed by atoms with Crippen LogP contribution in [0.3, 0.4) is 0 Å². The van der Waals surface area contributed by atoms with E-state index in [1.165, 1.54) is 6.07 Å². The van der Waals surface area contributed by atoms with Crippen LogP contribution in [0, 0.1) is 12.7 Å². The van der Waals surface area contributed by atoms with Gasteiger partial charge in [0, 0.05) is 17.4 Å². The van der Waals surface area contributed by atoms with Crippen LogP contribution < -0.4 is 0 Å². The fraction of sp³-hybridized carbons (Fsp3) is 0.250. The first-order valence-corrected chi connectivity index (χ1v) is 8.06. The molecule has 0 saturated carbocycles. The second-order valence-electron chi connectivity index (χ2n) is 6.96. The zero-order valence-corrected chi connectivity index (χ0v) is 14.0. The van der Waals surface area contributed by atoms with E-state index in [4.69, 9.17) is 4.99 Å². The van der Waals surface area contributed by atoms with Crippen molar-refractivity contribution < 1.29 is 4.39 Å². The minimum atomic E-state index is -0.367. The van der Waals surface area contributed by atoms with E-state index < -0.39 is 0 Å². The van der Waals surface area contributed by atoms with Crippen molar-refractivity contribution in [2.75, 3.05) is 0 Å². The smallest absolute Gasteiger partial charge is 0.127 e. The van der Waals surface area contributed by atoms with Crippen LogP contribution in [0.4, 0.5) is 4.39 Å². The summed E-state index contributed by atoms with van der Waals surface area (Å²) in [7, 11) is 0. The van der Waals surface area contributed by atoms with E-state index in [2.05, 4.69) is 10.2 Å². The number of rotatable bonds is 1. The van der Waals surface area contributed by atoms with Gasteiger partial charge in [-0.1, -0.05) is 30.3 Å². The van der Waals surface area contributed by atoms with E-state index in [0.29, 0.717) is 17.7 Å². The van der Waals surface area contributed by atoms with E-state index in [-0.39, 0.29) is 11.4 Å². The highest BCUT2D eigenvalue weighted by Crippen LogP contribution is 2.31. The number of hydrogen-bond acceptors (Lipinski definition) is 3. The minimum Gasteiger partial charge on any atom is -0.276 e. The van der Waals surface area contributed by atoms with Crippen LogP contribution in [0.5, 0.6) is 0 Å². The molecule has 2 aromatic carbocycles. The van der Waals surface area contributed by atoms with Gasteiger partial charge in [-0.05, 0) is 44.0 Å². The number of nitrogens with zero attached hydrogens (tertiary/aromatic N) is 3. The Kier molecular flexibility index (Phi) is 3.23. The lowest BCUT2D eigenvalue weighted by atomic mass is 9.85. The Bertz CT molecular complexity index is 989. The third-order valence-corrected chi connectivity index (χ3v) is 4.46. The van der Waals surface area contributed by atoms with Gasteiger partial charge < -0.3 is 0 Å². The highest BCUT2D eigenvalue weighted by molar-refractivity contribution is 6.14. The Labute approximate surface area is 140 Å². The summed E-state index contributed by atoms with van der Waals surface area (Å²) < 4.78 is 14.3. The van der Waals surface area contributed by atoms with E-state index in [1.54, 1.807) is 6.07 Å². The monoisotopic (exact) mass is 319 g/mol. The fourth-order valence-electron chi connectivity index (χ4n) is 3.32. The molecule has 0 N–H and O–H groups in total. The molecular formula is C20H18FN3. The van der Waals surface area contributed by atoms with Crippen molar-refractivity contribution in [3.63, 3.8) is 0 Å². The van der Waals surface area contributed by atoms with E-state index >= 15 is 0 Å². The molecule has 0 radical (unpaired) electrons. The fourth-order valence-corrected chi connectivity index (χ4v) is 3.32. The van der Waals surface area contributed by atoms with Gasteiger partial charge in [0.05, 0.1) is 16.8 Å². The lowest BCUT2D eigenvalue weighted by Gasteiger charge is -2.29. The maximum atomic E-state index is 14.3.